The number of hydrogen-bond donors (Lipinski definition) is 1. The van der Waals surface area contributed by atoms with Gasteiger partial charge in [-0.25, -0.2) is 14.0 Å². The van der Waals surface area contributed by atoms with Crippen LogP contribution in [0.15, 0.2) is 62.7 Å². The van der Waals surface area contributed by atoms with Crippen molar-refractivity contribution in [3.8, 4) is 17.1 Å². The highest BCUT2D eigenvalue weighted by Gasteiger charge is 2.36. The summed E-state index contributed by atoms with van der Waals surface area (Å²) < 4.78 is 45.1. The van der Waals surface area contributed by atoms with Crippen LogP contribution in [0.1, 0.15) is 53.5 Å². The fraction of sp³-hybridized carbons (Fsp3) is 0.323. The van der Waals surface area contributed by atoms with Crippen molar-refractivity contribution in [1.29, 1.82) is 0 Å². The first-order valence-corrected chi connectivity index (χ1v) is 15.1. The van der Waals surface area contributed by atoms with Gasteiger partial charge in [-0.2, -0.15) is 23.4 Å². The van der Waals surface area contributed by atoms with E-state index in [9.17, 15) is 27.6 Å². The predicted octanol–water partition coefficient (Wildman–Crippen LogP) is 5.14. The van der Waals surface area contributed by atoms with E-state index in [0.29, 0.717) is 40.4 Å². The quantitative estimate of drug-likeness (QED) is 0.276. The van der Waals surface area contributed by atoms with Gasteiger partial charge in [-0.3, -0.25) is 19.1 Å². The maximum atomic E-state index is 14.3. The molecule has 2 aromatic carbocycles. The summed E-state index contributed by atoms with van der Waals surface area (Å²) >= 11 is 2.93. The molecular formula is C31H29BrF3N7O3. The molecule has 10 nitrogen and oxygen atoms in total. The Morgan fingerprint density at radius 1 is 1.13 bits per heavy atom. The van der Waals surface area contributed by atoms with Crippen LogP contribution in [0.4, 0.5) is 13.2 Å². The van der Waals surface area contributed by atoms with E-state index in [1.54, 1.807) is 53.5 Å². The molecule has 0 saturated heterocycles. The van der Waals surface area contributed by atoms with Crippen LogP contribution in [-0.2, 0) is 32.6 Å². The first kappa shape index (κ1) is 30.6. The van der Waals surface area contributed by atoms with Crippen molar-refractivity contribution in [3.05, 3.63) is 102 Å². The third-order valence-corrected chi connectivity index (χ3v) is 8.71. The van der Waals surface area contributed by atoms with Crippen LogP contribution in [0.3, 0.4) is 0 Å². The summed E-state index contributed by atoms with van der Waals surface area (Å²) in [6, 6.07) is 10.0. The average molecular weight is 685 g/mol. The molecule has 3 aromatic heterocycles. The van der Waals surface area contributed by atoms with Crippen molar-refractivity contribution in [3.63, 3.8) is 0 Å². The summed E-state index contributed by atoms with van der Waals surface area (Å²) in [6.45, 7) is 5.88. The first-order valence-electron chi connectivity index (χ1n) is 14.3. The molecular weight excluding hydrogens is 655 g/mol. The number of carbonyl (C=O) groups excluding carboxylic acids is 1. The van der Waals surface area contributed by atoms with Crippen molar-refractivity contribution in [2.45, 2.75) is 52.4 Å². The third-order valence-electron chi connectivity index (χ3n) is 8.02. The molecule has 0 bridgehead atoms. The molecule has 0 aliphatic carbocycles. The largest absolute Gasteiger partial charge is 0.417 e. The minimum Gasteiger partial charge on any atom is -0.330 e. The van der Waals surface area contributed by atoms with Crippen LogP contribution < -0.4 is 11.2 Å². The molecule has 0 radical (unpaired) electrons. The van der Waals surface area contributed by atoms with E-state index in [-0.39, 0.29) is 40.2 Å². The summed E-state index contributed by atoms with van der Waals surface area (Å²) in [7, 11) is 1.55. The van der Waals surface area contributed by atoms with Gasteiger partial charge < -0.3 is 4.90 Å². The van der Waals surface area contributed by atoms with E-state index in [2.05, 4.69) is 45.0 Å². The van der Waals surface area contributed by atoms with E-state index in [1.807, 2.05) is 0 Å². The van der Waals surface area contributed by atoms with Crippen LogP contribution in [0, 0.1) is 5.92 Å². The molecule has 0 spiro atoms. The van der Waals surface area contributed by atoms with Gasteiger partial charge >= 0.3 is 11.9 Å². The fourth-order valence-corrected chi connectivity index (χ4v) is 6.29. The fourth-order valence-electron chi connectivity index (χ4n) is 5.82. The van der Waals surface area contributed by atoms with Gasteiger partial charge in [0, 0.05) is 39.8 Å². The lowest BCUT2D eigenvalue weighted by Gasteiger charge is -2.35. The number of aromatic nitrogens is 6. The number of aromatic amines is 1. The SMILES string of the molecule is CC(C)Cc1cnn2c3c(c(=O)n(-c4ccc(-c5nn(C)c(=O)[nH]5)cc4)c12)C[C@@H](C)N(C(=O)c1ccc(Br)c(C(F)(F)F)c1)C3. The maximum Gasteiger partial charge on any atom is 0.417 e. The van der Waals surface area contributed by atoms with Gasteiger partial charge in [0.25, 0.3) is 11.5 Å². The van der Waals surface area contributed by atoms with E-state index < -0.39 is 23.7 Å². The van der Waals surface area contributed by atoms with Gasteiger partial charge in [0.2, 0.25) is 0 Å². The zero-order chi connectivity index (χ0) is 32.4. The number of alkyl halides is 3. The highest BCUT2D eigenvalue weighted by Crippen LogP contribution is 2.36. The number of hydrogen-bond acceptors (Lipinski definition) is 5. The molecule has 1 aliphatic rings. The minimum atomic E-state index is -4.64. The van der Waals surface area contributed by atoms with Gasteiger partial charge in [0.05, 0.1) is 29.7 Å². The van der Waals surface area contributed by atoms with Crippen molar-refractivity contribution in [2.24, 2.45) is 13.0 Å². The van der Waals surface area contributed by atoms with Crippen LogP contribution in [0.25, 0.3) is 22.7 Å². The summed E-state index contributed by atoms with van der Waals surface area (Å²) in [6.07, 6.45) is -2.10. The Hall–Kier alpha value is -4.46. The number of halogens is 4. The second-order valence-electron chi connectivity index (χ2n) is 11.7. The number of fused-ring (bicyclic) bond motifs is 3. The monoisotopic (exact) mass is 683 g/mol. The van der Waals surface area contributed by atoms with E-state index >= 15 is 0 Å². The van der Waals surface area contributed by atoms with E-state index in [0.717, 1.165) is 11.6 Å². The lowest BCUT2D eigenvalue weighted by molar-refractivity contribution is -0.138. The lowest BCUT2D eigenvalue weighted by Crippen LogP contribution is -2.46. The second kappa shape index (κ2) is 11.2. The number of nitrogens with zero attached hydrogens (tertiary/aromatic N) is 6. The van der Waals surface area contributed by atoms with Gasteiger partial charge in [0.1, 0.15) is 5.65 Å². The molecule has 0 unspecified atom stereocenters. The van der Waals surface area contributed by atoms with Crippen LogP contribution in [-0.4, -0.2) is 45.8 Å². The Balaban J connectivity index is 1.46. The smallest absolute Gasteiger partial charge is 0.330 e. The maximum absolute atomic E-state index is 14.3. The molecule has 0 saturated carbocycles. The molecule has 1 atom stereocenters. The number of nitrogens with one attached hydrogen (secondary N) is 1. The van der Waals surface area contributed by atoms with E-state index in [1.165, 1.54) is 21.7 Å². The van der Waals surface area contributed by atoms with Crippen LogP contribution >= 0.6 is 15.9 Å². The predicted molar refractivity (Wildman–Crippen MR) is 164 cm³/mol. The molecule has 6 rings (SSSR count). The van der Waals surface area contributed by atoms with Crippen LogP contribution in [0.2, 0.25) is 0 Å². The summed E-state index contributed by atoms with van der Waals surface area (Å²) in [5.41, 5.74) is 1.99. The van der Waals surface area contributed by atoms with Crippen molar-refractivity contribution < 1.29 is 18.0 Å². The van der Waals surface area contributed by atoms with Crippen molar-refractivity contribution >= 4 is 27.5 Å². The topological polar surface area (TPSA) is 110 Å². The Bertz CT molecular complexity index is 2070. The van der Waals surface area contributed by atoms with Crippen LogP contribution in [0.5, 0.6) is 0 Å². The average Bonchev–Trinajstić information content (AvgIpc) is 3.54. The van der Waals surface area contributed by atoms with Gasteiger partial charge in [-0.15, -0.1) is 0 Å². The molecule has 234 valence electrons. The highest BCUT2D eigenvalue weighted by atomic mass is 79.9. The highest BCUT2D eigenvalue weighted by molar-refractivity contribution is 9.10. The third kappa shape index (κ3) is 5.40. The molecule has 1 N–H and O–H groups in total. The lowest BCUT2D eigenvalue weighted by atomic mass is 9.97. The van der Waals surface area contributed by atoms with Gasteiger partial charge in [-0.1, -0.05) is 29.8 Å². The Morgan fingerprint density at radius 2 is 1.84 bits per heavy atom. The number of carbonyl (C=O) groups is 1. The number of benzene rings is 2. The molecule has 1 amide bonds. The van der Waals surface area contributed by atoms with E-state index in [4.69, 9.17) is 0 Å². The minimum absolute atomic E-state index is 0.00585. The first-order chi connectivity index (χ1) is 21.2. The zero-order valence-electron chi connectivity index (χ0n) is 24.8. The summed E-state index contributed by atoms with van der Waals surface area (Å²) in [4.78, 5) is 44.0. The van der Waals surface area contributed by atoms with Crippen molar-refractivity contribution in [1.82, 2.24) is 33.8 Å². The van der Waals surface area contributed by atoms with Gasteiger partial charge in [0.15, 0.2) is 5.82 Å². The Labute approximate surface area is 263 Å². The van der Waals surface area contributed by atoms with Crippen molar-refractivity contribution in [2.75, 3.05) is 0 Å². The molecule has 4 heterocycles. The zero-order valence-corrected chi connectivity index (χ0v) is 26.4. The number of H-pyrrole nitrogens is 1. The van der Waals surface area contributed by atoms with Gasteiger partial charge in [-0.05, 0) is 68.1 Å². The molecule has 14 heteroatoms. The number of aryl methyl sites for hydroxylation is 1. The second-order valence-corrected chi connectivity index (χ2v) is 12.6. The molecule has 45 heavy (non-hydrogen) atoms. The standard InChI is InChI=1S/C31H29BrF3N7O3/c1-16(2)11-20-14-36-42-25-15-40(28(43)19-7-10-24(32)23(13-19)31(33,34)35)17(3)12-22(25)29(44)41(27(20)42)21-8-5-18(6-9-21)26-37-30(45)39(4)38-26/h5-10,13-14,16-17H,11-12,15H2,1-4H3,(H,37,38,45)/t17-/m1/s1. The molecule has 0 fully saturated rings. The number of rotatable bonds is 5. The summed E-state index contributed by atoms with van der Waals surface area (Å²) in [5.74, 6) is 0.0778. The normalized spacial score (nSPS) is 15.2. The number of amides is 1. The summed E-state index contributed by atoms with van der Waals surface area (Å²) in [5, 5.41) is 8.85. The Morgan fingerprint density at radius 3 is 2.47 bits per heavy atom. The molecule has 5 aromatic rings. The molecule has 1 aliphatic heterocycles. The Kier molecular flexibility index (Phi) is 7.58.